The van der Waals surface area contributed by atoms with Crippen LogP contribution in [-0.4, -0.2) is 59.3 Å². The molecule has 3 N–H and O–H groups in total. The highest BCUT2D eigenvalue weighted by molar-refractivity contribution is 5.95. The van der Waals surface area contributed by atoms with Crippen LogP contribution in [0.3, 0.4) is 0 Å². The summed E-state index contributed by atoms with van der Waals surface area (Å²) in [7, 11) is 0. The molecule has 1 aliphatic heterocycles. The van der Waals surface area contributed by atoms with Crippen molar-refractivity contribution in [3.05, 3.63) is 48.0 Å². The van der Waals surface area contributed by atoms with E-state index in [2.05, 4.69) is 5.32 Å². The summed E-state index contributed by atoms with van der Waals surface area (Å²) in [4.78, 5) is 26.5. The number of nitrogens with zero attached hydrogens (tertiary/aromatic N) is 1. The van der Waals surface area contributed by atoms with Crippen LogP contribution in [0.1, 0.15) is 30.1 Å². The lowest BCUT2D eigenvalue weighted by Crippen LogP contribution is -2.47. The molecule has 2 aromatic rings. The molecular formula is C22H26N2O6. The number of ether oxygens (including phenoxy) is 2. The molecule has 0 radical (unpaired) electrons. The standard InChI is InChI=1S/C22H26N2O6/c1-2-29-19-5-3-4-6-20(19)30-14-21(27)24-9-7-16(8-10-24)23-22(28)15-11-17(25)13-18(26)12-15/h3-6,11-13,16,25-26H,2,7-10,14H2,1H3,(H,23,28). The predicted octanol–water partition coefficient (Wildman–Crippen LogP) is 2.30. The summed E-state index contributed by atoms with van der Waals surface area (Å²) in [5.41, 5.74) is 0.187. The molecule has 0 bridgehead atoms. The molecule has 1 saturated heterocycles. The van der Waals surface area contributed by atoms with Crippen LogP contribution in [-0.2, 0) is 4.79 Å². The number of phenols is 2. The zero-order valence-corrected chi connectivity index (χ0v) is 16.8. The van der Waals surface area contributed by atoms with E-state index in [-0.39, 0.29) is 41.5 Å². The molecule has 8 heteroatoms. The summed E-state index contributed by atoms with van der Waals surface area (Å²) in [6, 6.07) is 10.9. The van der Waals surface area contributed by atoms with Crippen LogP contribution in [0.4, 0.5) is 0 Å². The van der Waals surface area contributed by atoms with E-state index in [4.69, 9.17) is 9.47 Å². The number of nitrogens with one attached hydrogen (secondary N) is 1. The summed E-state index contributed by atoms with van der Waals surface area (Å²) in [5, 5.41) is 21.9. The van der Waals surface area contributed by atoms with Gasteiger partial charge in [-0.3, -0.25) is 9.59 Å². The van der Waals surface area contributed by atoms with Crippen LogP contribution in [0.5, 0.6) is 23.0 Å². The molecule has 3 rings (SSSR count). The van der Waals surface area contributed by atoms with Crippen LogP contribution in [0.15, 0.2) is 42.5 Å². The minimum Gasteiger partial charge on any atom is -0.508 e. The monoisotopic (exact) mass is 414 g/mol. The van der Waals surface area contributed by atoms with Gasteiger partial charge in [0.2, 0.25) is 0 Å². The highest BCUT2D eigenvalue weighted by Gasteiger charge is 2.25. The second-order valence-corrected chi connectivity index (χ2v) is 7.04. The molecule has 2 amide bonds. The Bertz CT molecular complexity index is 873. The Morgan fingerprint density at radius 3 is 2.23 bits per heavy atom. The number of para-hydroxylation sites is 2. The summed E-state index contributed by atoms with van der Waals surface area (Å²) >= 11 is 0. The molecule has 1 aliphatic rings. The SMILES string of the molecule is CCOc1ccccc1OCC(=O)N1CCC(NC(=O)c2cc(O)cc(O)c2)CC1. The number of hydrogen-bond donors (Lipinski definition) is 3. The minimum atomic E-state index is -0.373. The van der Waals surface area contributed by atoms with Crippen molar-refractivity contribution in [3.63, 3.8) is 0 Å². The smallest absolute Gasteiger partial charge is 0.260 e. The van der Waals surface area contributed by atoms with Crippen molar-refractivity contribution in [3.8, 4) is 23.0 Å². The topological polar surface area (TPSA) is 108 Å². The first kappa shape index (κ1) is 21.3. The number of benzene rings is 2. The second kappa shape index (κ2) is 9.87. The molecule has 1 fully saturated rings. The third-order valence-electron chi connectivity index (χ3n) is 4.85. The predicted molar refractivity (Wildman–Crippen MR) is 110 cm³/mol. The number of phenolic OH excluding ortho intramolecular Hbond substituents is 2. The number of carbonyl (C=O) groups excluding carboxylic acids is 2. The molecule has 0 aromatic heterocycles. The molecular weight excluding hydrogens is 388 g/mol. The lowest BCUT2D eigenvalue weighted by molar-refractivity contribution is -0.134. The fourth-order valence-corrected chi connectivity index (χ4v) is 3.34. The van der Waals surface area contributed by atoms with Gasteiger partial charge in [-0.05, 0) is 44.0 Å². The summed E-state index contributed by atoms with van der Waals surface area (Å²) < 4.78 is 11.1. The van der Waals surface area contributed by atoms with E-state index in [1.807, 2.05) is 19.1 Å². The molecule has 8 nitrogen and oxygen atoms in total. The van der Waals surface area contributed by atoms with Gasteiger partial charge in [0.05, 0.1) is 6.61 Å². The maximum Gasteiger partial charge on any atom is 0.260 e. The quantitative estimate of drug-likeness (QED) is 0.642. The van der Waals surface area contributed by atoms with Gasteiger partial charge in [-0.1, -0.05) is 12.1 Å². The van der Waals surface area contributed by atoms with Crippen molar-refractivity contribution in [1.29, 1.82) is 0 Å². The molecule has 30 heavy (non-hydrogen) atoms. The Hall–Kier alpha value is -3.42. The van der Waals surface area contributed by atoms with Crippen LogP contribution in [0.25, 0.3) is 0 Å². The van der Waals surface area contributed by atoms with Crippen molar-refractivity contribution >= 4 is 11.8 Å². The van der Waals surface area contributed by atoms with Gasteiger partial charge in [-0.25, -0.2) is 0 Å². The number of rotatable bonds is 7. The van der Waals surface area contributed by atoms with Gasteiger partial charge in [-0.15, -0.1) is 0 Å². The number of hydrogen-bond acceptors (Lipinski definition) is 6. The zero-order chi connectivity index (χ0) is 21.5. The van der Waals surface area contributed by atoms with E-state index >= 15 is 0 Å². The van der Waals surface area contributed by atoms with Gasteiger partial charge in [-0.2, -0.15) is 0 Å². The molecule has 160 valence electrons. The lowest BCUT2D eigenvalue weighted by atomic mass is 10.0. The van der Waals surface area contributed by atoms with Gasteiger partial charge in [0.1, 0.15) is 11.5 Å². The van der Waals surface area contributed by atoms with Crippen LogP contribution in [0.2, 0.25) is 0 Å². The first-order chi connectivity index (χ1) is 14.5. The van der Waals surface area contributed by atoms with E-state index in [1.54, 1.807) is 17.0 Å². The normalized spacial score (nSPS) is 14.2. The summed E-state index contributed by atoms with van der Waals surface area (Å²) in [5.74, 6) is 0.292. The fourth-order valence-electron chi connectivity index (χ4n) is 3.34. The van der Waals surface area contributed by atoms with Gasteiger partial charge in [0.15, 0.2) is 18.1 Å². The second-order valence-electron chi connectivity index (χ2n) is 7.04. The molecule has 0 unspecified atom stereocenters. The third-order valence-corrected chi connectivity index (χ3v) is 4.85. The molecule has 0 atom stereocenters. The van der Waals surface area contributed by atoms with Crippen LogP contribution in [0, 0.1) is 0 Å². The van der Waals surface area contributed by atoms with E-state index < -0.39 is 0 Å². The Balaban J connectivity index is 1.47. The third kappa shape index (κ3) is 5.56. The number of aromatic hydroxyl groups is 2. The van der Waals surface area contributed by atoms with E-state index in [0.717, 1.165) is 6.07 Å². The largest absolute Gasteiger partial charge is 0.508 e. The van der Waals surface area contributed by atoms with E-state index in [0.29, 0.717) is 44.0 Å². The van der Waals surface area contributed by atoms with Crippen molar-refractivity contribution in [2.24, 2.45) is 0 Å². The average Bonchev–Trinajstić information content (AvgIpc) is 2.73. The van der Waals surface area contributed by atoms with Gasteiger partial charge in [0, 0.05) is 30.8 Å². The number of piperidine rings is 1. The molecule has 1 heterocycles. The molecule has 2 aromatic carbocycles. The number of carbonyl (C=O) groups is 2. The zero-order valence-electron chi connectivity index (χ0n) is 16.8. The number of likely N-dealkylation sites (tertiary alicyclic amines) is 1. The van der Waals surface area contributed by atoms with Crippen LogP contribution >= 0.6 is 0 Å². The highest BCUT2D eigenvalue weighted by atomic mass is 16.5. The number of amides is 2. The van der Waals surface area contributed by atoms with Gasteiger partial charge >= 0.3 is 0 Å². The maximum absolute atomic E-state index is 12.5. The first-order valence-corrected chi connectivity index (χ1v) is 9.92. The van der Waals surface area contributed by atoms with E-state index in [9.17, 15) is 19.8 Å². The lowest BCUT2D eigenvalue weighted by Gasteiger charge is -2.32. The summed E-state index contributed by atoms with van der Waals surface area (Å²) in [6.45, 7) is 3.32. The van der Waals surface area contributed by atoms with Gasteiger partial charge in [0.25, 0.3) is 11.8 Å². The highest BCUT2D eigenvalue weighted by Crippen LogP contribution is 2.26. The summed E-state index contributed by atoms with van der Waals surface area (Å²) in [6.07, 6.45) is 1.22. The van der Waals surface area contributed by atoms with E-state index in [1.165, 1.54) is 12.1 Å². The Labute approximate surface area is 175 Å². The molecule has 0 saturated carbocycles. The first-order valence-electron chi connectivity index (χ1n) is 9.92. The molecule has 0 spiro atoms. The Kier molecular flexibility index (Phi) is 7.00. The fraction of sp³-hybridized carbons (Fsp3) is 0.364. The Morgan fingerprint density at radius 2 is 1.63 bits per heavy atom. The van der Waals surface area contributed by atoms with Crippen molar-refractivity contribution in [1.82, 2.24) is 10.2 Å². The minimum absolute atomic E-state index is 0.0797. The van der Waals surface area contributed by atoms with Crippen molar-refractivity contribution in [2.45, 2.75) is 25.8 Å². The Morgan fingerprint density at radius 1 is 1.03 bits per heavy atom. The van der Waals surface area contributed by atoms with Crippen molar-refractivity contribution < 1.29 is 29.3 Å². The van der Waals surface area contributed by atoms with Crippen molar-refractivity contribution in [2.75, 3.05) is 26.3 Å². The maximum atomic E-state index is 12.5. The van der Waals surface area contributed by atoms with Crippen LogP contribution < -0.4 is 14.8 Å². The average molecular weight is 414 g/mol. The molecule has 0 aliphatic carbocycles. The van der Waals surface area contributed by atoms with Gasteiger partial charge < -0.3 is 29.9 Å².